The Morgan fingerprint density at radius 1 is 1.14 bits per heavy atom. The molecule has 1 aliphatic rings. The Morgan fingerprint density at radius 2 is 1.83 bits per heavy atom. The number of hydrogen-bond acceptors (Lipinski definition) is 3. The third kappa shape index (κ3) is 8.09. The molecule has 0 aromatic heterocycles. The van der Waals surface area contributed by atoms with Crippen LogP contribution in [-0.2, 0) is 21.2 Å². The smallest absolute Gasteiger partial charge is 0.223 e. The summed E-state index contributed by atoms with van der Waals surface area (Å²) in [7, 11) is -3.24. The van der Waals surface area contributed by atoms with Crippen LogP contribution in [-0.4, -0.2) is 44.0 Å². The number of piperidine rings is 1. The number of carbonyl (C=O) groups excluding carboxylic acids is 1. The summed E-state index contributed by atoms with van der Waals surface area (Å²) in [4.78, 5) is 12.5. The number of benzene rings is 1. The van der Waals surface area contributed by atoms with Crippen LogP contribution in [0.2, 0.25) is 0 Å². The lowest BCUT2D eigenvalue weighted by atomic mass is 9.95. The maximum absolute atomic E-state index is 12.6. The topological polar surface area (TPSA) is 66.5 Å². The lowest BCUT2D eigenvalue weighted by Crippen LogP contribution is -2.44. The van der Waals surface area contributed by atoms with Crippen LogP contribution in [0, 0.1) is 11.8 Å². The Hall–Kier alpha value is -1.40. The van der Waals surface area contributed by atoms with Gasteiger partial charge in [0.25, 0.3) is 0 Å². The second kappa shape index (κ2) is 12.3. The molecule has 2 rings (SSSR count). The molecule has 1 saturated heterocycles. The SMILES string of the molecule is CCCC[C@H](CC)CNC(=O)C1CCN(S(=O)(=O)CCCc2ccccc2)CC1. The molecule has 1 atom stereocenters. The van der Waals surface area contributed by atoms with Crippen LogP contribution in [0.3, 0.4) is 0 Å². The molecular weight excluding hydrogens is 384 g/mol. The maximum Gasteiger partial charge on any atom is 0.223 e. The van der Waals surface area contributed by atoms with Crippen molar-refractivity contribution in [3.8, 4) is 0 Å². The van der Waals surface area contributed by atoms with E-state index in [1.165, 1.54) is 18.4 Å². The van der Waals surface area contributed by atoms with Gasteiger partial charge < -0.3 is 5.32 Å². The standard InChI is InChI=1S/C23H38N2O3S/c1-3-5-10-20(4-2)19-24-23(26)22-14-16-25(17-15-22)29(27,28)18-9-13-21-11-7-6-8-12-21/h6-8,11-12,20,22H,3-5,9-10,13-19H2,1-2H3,(H,24,26)/t20-/m0/s1. The molecule has 1 heterocycles. The number of unbranched alkanes of at least 4 members (excludes halogenated alkanes) is 1. The molecular formula is C23H38N2O3S. The highest BCUT2D eigenvalue weighted by atomic mass is 32.2. The van der Waals surface area contributed by atoms with E-state index in [0.29, 0.717) is 38.3 Å². The fourth-order valence-corrected chi connectivity index (χ4v) is 5.50. The van der Waals surface area contributed by atoms with Crippen LogP contribution < -0.4 is 5.32 Å². The van der Waals surface area contributed by atoms with Crippen molar-refractivity contribution >= 4 is 15.9 Å². The zero-order valence-corrected chi connectivity index (χ0v) is 18.9. The Labute approximate surface area is 177 Å². The summed E-state index contributed by atoms with van der Waals surface area (Å²) in [5.74, 6) is 0.758. The van der Waals surface area contributed by atoms with E-state index in [2.05, 4.69) is 19.2 Å². The number of carbonyl (C=O) groups is 1. The van der Waals surface area contributed by atoms with E-state index in [4.69, 9.17) is 0 Å². The van der Waals surface area contributed by atoms with E-state index >= 15 is 0 Å². The summed E-state index contributed by atoms with van der Waals surface area (Å²) in [5.41, 5.74) is 1.17. The van der Waals surface area contributed by atoms with Gasteiger partial charge >= 0.3 is 0 Å². The van der Waals surface area contributed by atoms with Crippen molar-refractivity contribution in [2.45, 2.75) is 65.2 Å². The number of nitrogens with zero attached hydrogens (tertiary/aromatic N) is 1. The first-order valence-corrected chi connectivity index (χ1v) is 12.9. The maximum atomic E-state index is 12.6. The average Bonchev–Trinajstić information content (AvgIpc) is 2.74. The Morgan fingerprint density at radius 3 is 2.45 bits per heavy atom. The van der Waals surface area contributed by atoms with Crippen molar-refractivity contribution in [1.82, 2.24) is 9.62 Å². The predicted molar refractivity (Wildman–Crippen MR) is 119 cm³/mol. The first-order valence-electron chi connectivity index (χ1n) is 11.3. The molecule has 1 N–H and O–H groups in total. The fraction of sp³-hybridized carbons (Fsp3) is 0.696. The largest absolute Gasteiger partial charge is 0.356 e. The van der Waals surface area contributed by atoms with Crippen LogP contribution >= 0.6 is 0 Å². The molecule has 0 aliphatic carbocycles. The molecule has 1 aliphatic heterocycles. The van der Waals surface area contributed by atoms with Gasteiger partial charge in [0.2, 0.25) is 15.9 Å². The van der Waals surface area contributed by atoms with Gasteiger partial charge in [0, 0.05) is 25.6 Å². The second-order valence-electron chi connectivity index (χ2n) is 8.24. The van der Waals surface area contributed by atoms with E-state index in [1.54, 1.807) is 4.31 Å². The fourth-order valence-electron chi connectivity index (χ4n) is 3.96. The molecule has 0 radical (unpaired) electrons. The Balaban J connectivity index is 1.72. The number of sulfonamides is 1. The lowest BCUT2D eigenvalue weighted by Gasteiger charge is -2.31. The number of nitrogens with one attached hydrogen (secondary N) is 1. The molecule has 164 valence electrons. The lowest BCUT2D eigenvalue weighted by molar-refractivity contribution is -0.126. The first-order chi connectivity index (χ1) is 14.0. The van der Waals surface area contributed by atoms with Gasteiger partial charge in [0.1, 0.15) is 0 Å². The molecule has 0 saturated carbocycles. The molecule has 0 unspecified atom stereocenters. The van der Waals surface area contributed by atoms with Crippen molar-refractivity contribution < 1.29 is 13.2 Å². The number of amides is 1. The molecule has 1 aromatic carbocycles. The highest BCUT2D eigenvalue weighted by Gasteiger charge is 2.30. The van der Waals surface area contributed by atoms with E-state index < -0.39 is 10.0 Å². The van der Waals surface area contributed by atoms with Gasteiger partial charge in [-0.2, -0.15) is 0 Å². The molecule has 0 bridgehead atoms. The van der Waals surface area contributed by atoms with Gasteiger partial charge in [-0.15, -0.1) is 0 Å². The van der Waals surface area contributed by atoms with Gasteiger partial charge in [-0.3, -0.25) is 4.79 Å². The minimum Gasteiger partial charge on any atom is -0.356 e. The van der Waals surface area contributed by atoms with E-state index in [1.807, 2.05) is 30.3 Å². The predicted octanol–water partition coefficient (Wildman–Crippen LogP) is 3.99. The molecule has 1 aromatic rings. The van der Waals surface area contributed by atoms with E-state index in [-0.39, 0.29) is 17.6 Å². The summed E-state index contributed by atoms with van der Waals surface area (Å²) in [5, 5.41) is 3.11. The van der Waals surface area contributed by atoms with Crippen molar-refractivity contribution in [3.63, 3.8) is 0 Å². The van der Waals surface area contributed by atoms with E-state index in [9.17, 15) is 13.2 Å². The minimum atomic E-state index is -3.24. The van der Waals surface area contributed by atoms with Crippen molar-refractivity contribution in [2.75, 3.05) is 25.4 Å². The quantitative estimate of drug-likeness (QED) is 0.554. The van der Waals surface area contributed by atoms with Gasteiger partial charge in [-0.25, -0.2) is 12.7 Å². The summed E-state index contributed by atoms with van der Waals surface area (Å²) in [6.07, 6.45) is 7.27. The van der Waals surface area contributed by atoms with Gasteiger partial charge in [0.15, 0.2) is 0 Å². The molecule has 29 heavy (non-hydrogen) atoms. The third-order valence-corrected chi connectivity index (χ3v) is 7.99. The van der Waals surface area contributed by atoms with Crippen LogP contribution in [0.15, 0.2) is 30.3 Å². The summed E-state index contributed by atoms with van der Waals surface area (Å²) in [6.45, 7) is 6.02. The molecule has 0 spiro atoms. The minimum absolute atomic E-state index is 0.0607. The number of aryl methyl sites for hydroxylation is 1. The third-order valence-electron chi connectivity index (χ3n) is 6.04. The van der Waals surface area contributed by atoms with Gasteiger partial charge in [-0.05, 0) is 43.6 Å². The Kier molecular flexibility index (Phi) is 10.2. The zero-order valence-electron chi connectivity index (χ0n) is 18.1. The normalized spacial score (nSPS) is 17.2. The first kappa shape index (κ1) is 23.9. The Bertz CT molecular complexity index is 698. The zero-order chi connectivity index (χ0) is 21.1. The number of rotatable bonds is 12. The second-order valence-corrected chi connectivity index (χ2v) is 10.3. The molecule has 1 amide bonds. The van der Waals surface area contributed by atoms with Crippen molar-refractivity contribution in [1.29, 1.82) is 0 Å². The van der Waals surface area contributed by atoms with Crippen molar-refractivity contribution in [2.24, 2.45) is 11.8 Å². The van der Waals surface area contributed by atoms with Gasteiger partial charge in [-0.1, -0.05) is 63.4 Å². The van der Waals surface area contributed by atoms with Crippen LogP contribution in [0.5, 0.6) is 0 Å². The summed E-state index contributed by atoms with van der Waals surface area (Å²) in [6, 6.07) is 9.98. The molecule has 1 fully saturated rings. The van der Waals surface area contributed by atoms with Gasteiger partial charge in [0.05, 0.1) is 5.75 Å². The van der Waals surface area contributed by atoms with Crippen LogP contribution in [0.4, 0.5) is 0 Å². The van der Waals surface area contributed by atoms with Crippen LogP contribution in [0.25, 0.3) is 0 Å². The highest BCUT2D eigenvalue weighted by molar-refractivity contribution is 7.89. The average molecular weight is 423 g/mol. The molecule has 6 heteroatoms. The summed E-state index contributed by atoms with van der Waals surface area (Å²) < 4.78 is 26.8. The van der Waals surface area contributed by atoms with E-state index in [0.717, 1.165) is 25.8 Å². The molecule has 5 nitrogen and oxygen atoms in total. The monoisotopic (exact) mass is 422 g/mol. The van der Waals surface area contributed by atoms with Crippen molar-refractivity contribution in [3.05, 3.63) is 35.9 Å². The summed E-state index contributed by atoms with van der Waals surface area (Å²) >= 11 is 0. The number of hydrogen-bond donors (Lipinski definition) is 1. The van der Waals surface area contributed by atoms with Crippen LogP contribution in [0.1, 0.15) is 64.4 Å². The highest BCUT2D eigenvalue weighted by Crippen LogP contribution is 2.21.